The first-order valence-corrected chi connectivity index (χ1v) is 9.28. The molecule has 1 saturated carbocycles. The predicted molar refractivity (Wildman–Crippen MR) is 77.5 cm³/mol. The molecule has 1 aliphatic carbocycles. The van der Waals surface area contributed by atoms with Gasteiger partial charge in [0.1, 0.15) is 9.84 Å². The highest BCUT2D eigenvalue weighted by molar-refractivity contribution is 7.91. The lowest BCUT2D eigenvalue weighted by molar-refractivity contribution is 0.197. The van der Waals surface area contributed by atoms with Gasteiger partial charge >= 0.3 is 0 Å². The van der Waals surface area contributed by atoms with Crippen LogP contribution in [0.2, 0.25) is 0 Å². The quantitative estimate of drug-likeness (QED) is 0.777. The van der Waals surface area contributed by atoms with E-state index in [4.69, 9.17) is 0 Å². The standard InChI is InChI=1S/C14H29NO2S/c1-4-12-7-8-14(15-5-2)13(11-12)9-10-18(16,17)6-3/h12-15H,4-11H2,1-3H3. The number of nitrogens with one attached hydrogen (secondary N) is 1. The Morgan fingerprint density at radius 1 is 1.17 bits per heavy atom. The minimum atomic E-state index is -2.81. The fraction of sp³-hybridized carbons (Fsp3) is 1.00. The topological polar surface area (TPSA) is 46.2 Å². The van der Waals surface area contributed by atoms with Gasteiger partial charge in [-0.3, -0.25) is 0 Å². The largest absolute Gasteiger partial charge is 0.314 e. The number of sulfone groups is 1. The van der Waals surface area contributed by atoms with Crippen molar-refractivity contribution in [3.63, 3.8) is 0 Å². The average Bonchev–Trinajstić information content (AvgIpc) is 2.38. The number of rotatable bonds is 7. The molecule has 3 unspecified atom stereocenters. The molecule has 0 spiro atoms. The molecule has 1 fully saturated rings. The van der Waals surface area contributed by atoms with Crippen LogP contribution >= 0.6 is 0 Å². The van der Waals surface area contributed by atoms with Crippen LogP contribution in [-0.2, 0) is 9.84 Å². The molecule has 1 aliphatic rings. The van der Waals surface area contributed by atoms with Gasteiger partial charge in [-0.15, -0.1) is 0 Å². The minimum absolute atomic E-state index is 0.281. The monoisotopic (exact) mass is 275 g/mol. The van der Waals surface area contributed by atoms with Crippen molar-refractivity contribution in [3.05, 3.63) is 0 Å². The Kier molecular flexibility index (Phi) is 6.64. The van der Waals surface area contributed by atoms with Crippen LogP contribution in [0, 0.1) is 11.8 Å². The highest BCUT2D eigenvalue weighted by Gasteiger charge is 2.29. The van der Waals surface area contributed by atoms with Crippen molar-refractivity contribution < 1.29 is 8.42 Å². The molecule has 18 heavy (non-hydrogen) atoms. The molecule has 0 heterocycles. The molecule has 3 atom stereocenters. The molecule has 0 aliphatic heterocycles. The molecule has 3 nitrogen and oxygen atoms in total. The second-order valence-corrected chi connectivity index (χ2v) is 8.01. The van der Waals surface area contributed by atoms with E-state index in [9.17, 15) is 8.42 Å². The first-order valence-electron chi connectivity index (χ1n) is 7.46. The Balaban J connectivity index is 2.55. The van der Waals surface area contributed by atoms with Crippen LogP contribution in [-0.4, -0.2) is 32.5 Å². The Morgan fingerprint density at radius 3 is 2.44 bits per heavy atom. The second-order valence-electron chi connectivity index (χ2n) is 5.54. The summed E-state index contributed by atoms with van der Waals surface area (Å²) < 4.78 is 23.3. The van der Waals surface area contributed by atoms with E-state index < -0.39 is 9.84 Å². The summed E-state index contributed by atoms with van der Waals surface area (Å²) in [6, 6.07) is 0.532. The maximum absolute atomic E-state index is 11.6. The van der Waals surface area contributed by atoms with Crippen LogP contribution in [0.1, 0.15) is 52.9 Å². The molecule has 4 heteroatoms. The van der Waals surface area contributed by atoms with Crippen molar-refractivity contribution >= 4 is 9.84 Å². The molecule has 0 aromatic carbocycles. The van der Waals surface area contributed by atoms with Crippen molar-refractivity contribution in [2.24, 2.45) is 11.8 Å². The van der Waals surface area contributed by atoms with Crippen molar-refractivity contribution in [2.45, 2.75) is 58.9 Å². The fourth-order valence-electron chi connectivity index (χ4n) is 3.06. The van der Waals surface area contributed by atoms with Gasteiger partial charge in [0, 0.05) is 11.8 Å². The van der Waals surface area contributed by atoms with E-state index in [1.165, 1.54) is 25.7 Å². The predicted octanol–water partition coefficient (Wildman–Crippen LogP) is 2.62. The Morgan fingerprint density at radius 2 is 1.89 bits per heavy atom. The Labute approximate surface area is 113 Å². The van der Waals surface area contributed by atoms with Gasteiger partial charge in [-0.1, -0.05) is 27.2 Å². The summed E-state index contributed by atoms with van der Waals surface area (Å²) in [5, 5.41) is 3.54. The van der Waals surface area contributed by atoms with Crippen LogP contribution < -0.4 is 5.32 Å². The highest BCUT2D eigenvalue weighted by atomic mass is 32.2. The van der Waals surface area contributed by atoms with Gasteiger partial charge in [-0.2, -0.15) is 0 Å². The molecule has 0 saturated heterocycles. The molecular formula is C14H29NO2S. The maximum atomic E-state index is 11.6. The van der Waals surface area contributed by atoms with Crippen molar-refractivity contribution in [1.29, 1.82) is 0 Å². The van der Waals surface area contributed by atoms with Crippen LogP contribution in [0.15, 0.2) is 0 Å². The van der Waals surface area contributed by atoms with Crippen molar-refractivity contribution in [1.82, 2.24) is 5.32 Å². The maximum Gasteiger partial charge on any atom is 0.150 e. The smallest absolute Gasteiger partial charge is 0.150 e. The van der Waals surface area contributed by atoms with Gasteiger partial charge in [0.2, 0.25) is 0 Å². The lowest BCUT2D eigenvalue weighted by Gasteiger charge is -2.36. The number of hydrogen-bond acceptors (Lipinski definition) is 3. The second kappa shape index (κ2) is 7.49. The lowest BCUT2D eigenvalue weighted by Crippen LogP contribution is -2.41. The molecule has 1 N–H and O–H groups in total. The van der Waals surface area contributed by atoms with Gasteiger partial charge in [0.25, 0.3) is 0 Å². The summed E-state index contributed by atoms with van der Waals surface area (Å²) in [6.45, 7) is 7.11. The van der Waals surface area contributed by atoms with Gasteiger partial charge in [0.05, 0.1) is 5.75 Å². The van der Waals surface area contributed by atoms with Gasteiger partial charge < -0.3 is 5.32 Å². The zero-order valence-electron chi connectivity index (χ0n) is 12.1. The van der Waals surface area contributed by atoms with Crippen LogP contribution in [0.5, 0.6) is 0 Å². The molecule has 1 rings (SSSR count). The molecule has 0 radical (unpaired) electrons. The third kappa shape index (κ3) is 4.88. The van der Waals surface area contributed by atoms with E-state index in [1.807, 2.05) is 0 Å². The third-order valence-electron chi connectivity index (χ3n) is 4.37. The fourth-order valence-corrected chi connectivity index (χ4v) is 4.01. The summed E-state index contributed by atoms with van der Waals surface area (Å²) in [5.41, 5.74) is 0. The first kappa shape index (κ1) is 16.0. The zero-order chi connectivity index (χ0) is 13.6. The van der Waals surface area contributed by atoms with E-state index in [1.54, 1.807) is 6.92 Å². The van der Waals surface area contributed by atoms with E-state index in [2.05, 4.69) is 19.2 Å². The Hall–Kier alpha value is -0.0900. The summed E-state index contributed by atoms with van der Waals surface area (Å²) in [7, 11) is -2.81. The van der Waals surface area contributed by atoms with Gasteiger partial charge in [-0.05, 0) is 44.1 Å². The van der Waals surface area contributed by atoms with Gasteiger partial charge in [0.15, 0.2) is 0 Å². The highest BCUT2D eigenvalue weighted by Crippen LogP contribution is 2.33. The normalized spacial score (nSPS) is 29.4. The van der Waals surface area contributed by atoms with Crippen LogP contribution in [0.25, 0.3) is 0 Å². The SMILES string of the molecule is CCNC1CCC(CC)CC1CCS(=O)(=O)CC. The molecule has 0 bridgehead atoms. The van der Waals surface area contributed by atoms with E-state index in [-0.39, 0.29) is 5.75 Å². The molecule has 108 valence electrons. The summed E-state index contributed by atoms with van der Waals surface area (Å²) in [4.78, 5) is 0. The number of hydrogen-bond donors (Lipinski definition) is 1. The van der Waals surface area contributed by atoms with E-state index in [0.29, 0.717) is 17.7 Å². The first-order chi connectivity index (χ1) is 8.52. The van der Waals surface area contributed by atoms with Crippen molar-refractivity contribution in [2.75, 3.05) is 18.1 Å². The van der Waals surface area contributed by atoms with Crippen LogP contribution in [0.4, 0.5) is 0 Å². The van der Waals surface area contributed by atoms with E-state index in [0.717, 1.165) is 18.9 Å². The van der Waals surface area contributed by atoms with Crippen molar-refractivity contribution in [3.8, 4) is 0 Å². The lowest BCUT2D eigenvalue weighted by atomic mass is 9.76. The zero-order valence-corrected chi connectivity index (χ0v) is 12.9. The summed E-state index contributed by atoms with van der Waals surface area (Å²) in [5.74, 6) is 1.99. The van der Waals surface area contributed by atoms with Gasteiger partial charge in [-0.25, -0.2) is 8.42 Å². The summed E-state index contributed by atoms with van der Waals surface area (Å²) in [6.07, 6.45) is 5.78. The third-order valence-corrected chi connectivity index (χ3v) is 6.11. The minimum Gasteiger partial charge on any atom is -0.314 e. The average molecular weight is 275 g/mol. The molecule has 0 amide bonds. The Bertz CT molecular complexity index is 327. The molecule has 0 aromatic heterocycles. The van der Waals surface area contributed by atoms with E-state index >= 15 is 0 Å². The van der Waals surface area contributed by atoms with Crippen LogP contribution in [0.3, 0.4) is 0 Å². The molecule has 0 aromatic rings. The summed E-state index contributed by atoms with van der Waals surface area (Å²) >= 11 is 0. The molecular weight excluding hydrogens is 246 g/mol.